The summed E-state index contributed by atoms with van der Waals surface area (Å²) in [6, 6.07) is 8.13. The van der Waals surface area contributed by atoms with E-state index in [-0.39, 0.29) is 0 Å². The van der Waals surface area contributed by atoms with Crippen molar-refractivity contribution in [3.8, 4) is 5.82 Å². The van der Waals surface area contributed by atoms with Crippen molar-refractivity contribution in [3.63, 3.8) is 0 Å². The van der Waals surface area contributed by atoms with Gasteiger partial charge < -0.3 is 0 Å². The van der Waals surface area contributed by atoms with Crippen LogP contribution in [0.5, 0.6) is 0 Å². The predicted molar refractivity (Wildman–Crippen MR) is 81.5 cm³/mol. The Hall–Kier alpha value is -2.27. The summed E-state index contributed by atoms with van der Waals surface area (Å²) in [6.45, 7) is 4.09. The molecule has 0 radical (unpaired) electrons. The number of thiophene rings is 1. The Morgan fingerprint density at radius 1 is 1.10 bits per heavy atom. The first kappa shape index (κ1) is 11.5. The molecular weight excluding hydrogens is 268 g/mol. The minimum Gasteiger partial charge on any atom is -0.279 e. The van der Waals surface area contributed by atoms with Crippen LogP contribution >= 0.6 is 11.3 Å². The van der Waals surface area contributed by atoms with E-state index in [4.69, 9.17) is 0 Å². The van der Waals surface area contributed by atoms with Gasteiger partial charge in [-0.15, -0.1) is 11.3 Å². The van der Waals surface area contributed by atoms with Crippen LogP contribution in [0, 0.1) is 13.8 Å². The summed E-state index contributed by atoms with van der Waals surface area (Å²) >= 11 is 1.68. The molecule has 20 heavy (non-hydrogen) atoms. The lowest BCUT2D eigenvalue weighted by molar-refractivity contribution is 0.960. The van der Waals surface area contributed by atoms with Gasteiger partial charge in [0.15, 0.2) is 5.82 Å². The van der Waals surface area contributed by atoms with E-state index in [1.807, 2.05) is 25.1 Å². The van der Waals surface area contributed by atoms with Crippen molar-refractivity contribution in [2.75, 3.05) is 0 Å². The molecule has 98 valence electrons. The molecule has 3 aromatic heterocycles. The van der Waals surface area contributed by atoms with Gasteiger partial charge in [-0.25, -0.2) is 15.0 Å². The number of nitrogens with zero attached hydrogens (tertiary/aromatic N) is 4. The molecule has 0 atom stereocenters. The van der Waals surface area contributed by atoms with Gasteiger partial charge in [0, 0.05) is 0 Å². The molecule has 0 bridgehead atoms. The number of hydrogen-bond donors (Lipinski definition) is 0. The van der Waals surface area contributed by atoms with Crippen LogP contribution in [0.3, 0.4) is 0 Å². The summed E-state index contributed by atoms with van der Waals surface area (Å²) in [6.07, 6.45) is 1.63. The zero-order valence-electron chi connectivity index (χ0n) is 11.2. The van der Waals surface area contributed by atoms with Crippen LogP contribution in [0.25, 0.3) is 27.1 Å². The maximum atomic E-state index is 4.61. The molecule has 0 N–H and O–H groups in total. The Bertz CT molecular complexity index is 936. The van der Waals surface area contributed by atoms with Crippen molar-refractivity contribution in [2.24, 2.45) is 0 Å². The average Bonchev–Trinajstić information content (AvgIpc) is 2.99. The molecule has 0 saturated heterocycles. The van der Waals surface area contributed by atoms with Gasteiger partial charge in [0.2, 0.25) is 0 Å². The molecule has 0 spiro atoms. The standard InChI is InChI=1S/C15H12N4S/c1-9-7-20-14-13(9)16-8-17-15(14)19-10(2)18-11-5-3-4-6-12(11)19/h3-8H,1-2H3. The van der Waals surface area contributed by atoms with Gasteiger partial charge in [-0.05, 0) is 36.9 Å². The zero-order chi connectivity index (χ0) is 13.7. The lowest BCUT2D eigenvalue weighted by Crippen LogP contribution is -2.00. The molecule has 0 fully saturated rings. The van der Waals surface area contributed by atoms with E-state index < -0.39 is 0 Å². The zero-order valence-corrected chi connectivity index (χ0v) is 12.0. The fourth-order valence-electron chi connectivity index (χ4n) is 2.53. The van der Waals surface area contributed by atoms with Gasteiger partial charge in [0.1, 0.15) is 12.2 Å². The highest BCUT2D eigenvalue weighted by molar-refractivity contribution is 7.17. The van der Waals surface area contributed by atoms with Gasteiger partial charge in [0.05, 0.1) is 21.3 Å². The molecule has 4 nitrogen and oxygen atoms in total. The van der Waals surface area contributed by atoms with Crippen LogP contribution in [-0.2, 0) is 0 Å². The predicted octanol–water partition coefficient (Wildman–Crippen LogP) is 3.65. The van der Waals surface area contributed by atoms with E-state index in [1.165, 1.54) is 5.56 Å². The summed E-state index contributed by atoms with van der Waals surface area (Å²) in [7, 11) is 0. The third kappa shape index (κ3) is 1.50. The fraction of sp³-hybridized carbons (Fsp3) is 0.133. The van der Waals surface area contributed by atoms with Crippen LogP contribution in [0.1, 0.15) is 11.4 Å². The molecular formula is C15H12N4S. The second kappa shape index (κ2) is 4.11. The molecule has 0 amide bonds. The third-order valence-electron chi connectivity index (χ3n) is 3.45. The van der Waals surface area contributed by atoms with Crippen LogP contribution < -0.4 is 0 Å². The van der Waals surface area contributed by atoms with E-state index in [0.717, 1.165) is 32.9 Å². The van der Waals surface area contributed by atoms with Crippen molar-refractivity contribution in [1.82, 2.24) is 19.5 Å². The number of benzene rings is 1. The van der Waals surface area contributed by atoms with Crippen molar-refractivity contribution < 1.29 is 0 Å². The Morgan fingerprint density at radius 3 is 2.85 bits per heavy atom. The van der Waals surface area contributed by atoms with Crippen molar-refractivity contribution in [3.05, 3.63) is 47.4 Å². The number of para-hydroxylation sites is 2. The summed E-state index contributed by atoms with van der Waals surface area (Å²) < 4.78 is 3.21. The van der Waals surface area contributed by atoms with Gasteiger partial charge in [-0.3, -0.25) is 4.57 Å². The smallest absolute Gasteiger partial charge is 0.160 e. The molecule has 0 saturated carbocycles. The number of imidazole rings is 1. The first-order valence-electron chi connectivity index (χ1n) is 6.39. The van der Waals surface area contributed by atoms with Crippen LogP contribution in [-0.4, -0.2) is 19.5 Å². The minimum absolute atomic E-state index is 0.916. The number of fused-ring (bicyclic) bond motifs is 2. The SMILES string of the molecule is Cc1csc2c(-n3c(C)nc4ccccc43)ncnc12. The van der Waals surface area contributed by atoms with E-state index in [2.05, 4.69) is 37.9 Å². The molecule has 1 aromatic carbocycles. The Kier molecular flexibility index (Phi) is 2.37. The van der Waals surface area contributed by atoms with Crippen LogP contribution in [0.2, 0.25) is 0 Å². The normalized spacial score (nSPS) is 11.5. The number of aromatic nitrogens is 4. The van der Waals surface area contributed by atoms with E-state index >= 15 is 0 Å². The molecule has 4 rings (SSSR count). The minimum atomic E-state index is 0.916. The Labute approximate surface area is 119 Å². The highest BCUT2D eigenvalue weighted by Crippen LogP contribution is 2.30. The molecule has 5 heteroatoms. The van der Waals surface area contributed by atoms with E-state index in [1.54, 1.807) is 17.7 Å². The lowest BCUT2D eigenvalue weighted by atomic mass is 10.3. The number of rotatable bonds is 1. The maximum Gasteiger partial charge on any atom is 0.160 e. The van der Waals surface area contributed by atoms with E-state index in [0.29, 0.717) is 0 Å². The lowest BCUT2D eigenvalue weighted by Gasteiger charge is -2.06. The molecule has 0 aliphatic rings. The summed E-state index contributed by atoms with van der Waals surface area (Å²) in [5.41, 5.74) is 4.29. The van der Waals surface area contributed by atoms with Crippen molar-refractivity contribution in [2.45, 2.75) is 13.8 Å². The van der Waals surface area contributed by atoms with Gasteiger partial charge in [-0.1, -0.05) is 12.1 Å². The van der Waals surface area contributed by atoms with Gasteiger partial charge in [0.25, 0.3) is 0 Å². The largest absolute Gasteiger partial charge is 0.279 e. The van der Waals surface area contributed by atoms with E-state index in [9.17, 15) is 0 Å². The first-order valence-corrected chi connectivity index (χ1v) is 7.27. The molecule has 0 unspecified atom stereocenters. The topological polar surface area (TPSA) is 43.6 Å². The van der Waals surface area contributed by atoms with Gasteiger partial charge in [-0.2, -0.15) is 0 Å². The van der Waals surface area contributed by atoms with Crippen LogP contribution in [0.15, 0.2) is 36.0 Å². The highest BCUT2D eigenvalue weighted by Gasteiger charge is 2.14. The summed E-state index contributed by atoms with van der Waals surface area (Å²) in [5.74, 6) is 1.86. The Balaban J connectivity index is 2.14. The summed E-state index contributed by atoms with van der Waals surface area (Å²) in [4.78, 5) is 13.5. The third-order valence-corrected chi connectivity index (χ3v) is 4.54. The maximum absolute atomic E-state index is 4.61. The molecule has 3 heterocycles. The molecule has 0 aliphatic heterocycles. The molecule has 4 aromatic rings. The monoisotopic (exact) mass is 280 g/mol. The first-order chi connectivity index (χ1) is 9.75. The number of hydrogen-bond acceptors (Lipinski definition) is 4. The highest BCUT2D eigenvalue weighted by atomic mass is 32.1. The number of aryl methyl sites for hydroxylation is 2. The fourth-order valence-corrected chi connectivity index (χ4v) is 3.51. The second-order valence-electron chi connectivity index (χ2n) is 4.78. The van der Waals surface area contributed by atoms with Crippen molar-refractivity contribution >= 4 is 32.6 Å². The van der Waals surface area contributed by atoms with Crippen LogP contribution in [0.4, 0.5) is 0 Å². The van der Waals surface area contributed by atoms with Crippen molar-refractivity contribution in [1.29, 1.82) is 0 Å². The second-order valence-corrected chi connectivity index (χ2v) is 5.66. The quantitative estimate of drug-likeness (QED) is 0.534. The van der Waals surface area contributed by atoms with Gasteiger partial charge >= 0.3 is 0 Å². The Morgan fingerprint density at radius 2 is 1.95 bits per heavy atom. The summed E-state index contributed by atoms with van der Waals surface area (Å²) in [5, 5.41) is 2.12. The average molecular weight is 280 g/mol. The molecule has 0 aliphatic carbocycles.